The van der Waals surface area contributed by atoms with E-state index >= 15 is 0 Å². The van der Waals surface area contributed by atoms with Crippen molar-refractivity contribution in [2.24, 2.45) is 0 Å². The first kappa shape index (κ1) is 14.8. The molecule has 0 aliphatic heterocycles. The van der Waals surface area contributed by atoms with Gasteiger partial charge in [0.05, 0.1) is 6.20 Å². The zero-order valence-electron chi connectivity index (χ0n) is 12.8. The molecule has 3 heteroatoms. The quantitative estimate of drug-likeness (QED) is 0.837. The molecule has 0 aliphatic rings. The van der Waals surface area contributed by atoms with Crippen molar-refractivity contribution in [1.82, 2.24) is 15.1 Å². The molecule has 1 unspecified atom stereocenters. The molecule has 0 saturated heterocycles. The van der Waals surface area contributed by atoms with Gasteiger partial charge in [-0.1, -0.05) is 38.1 Å². The van der Waals surface area contributed by atoms with Gasteiger partial charge >= 0.3 is 0 Å². The summed E-state index contributed by atoms with van der Waals surface area (Å²) >= 11 is 0. The maximum Gasteiger partial charge on any atom is 0.0522 e. The number of aryl methyl sites for hydroxylation is 2. The Morgan fingerprint density at radius 1 is 1.20 bits per heavy atom. The first-order chi connectivity index (χ1) is 9.78. The molecule has 20 heavy (non-hydrogen) atoms. The molecular formula is C17H25N3. The summed E-state index contributed by atoms with van der Waals surface area (Å²) in [4.78, 5) is 0. The minimum Gasteiger partial charge on any atom is -0.310 e. The number of likely N-dealkylation sites (N-methyl/N-ethyl adjacent to an activating group) is 1. The molecule has 0 radical (unpaired) electrons. The number of nitrogens with one attached hydrogen (secondary N) is 1. The summed E-state index contributed by atoms with van der Waals surface area (Å²) in [6.07, 6.45) is 6.21. The molecule has 0 spiro atoms. The highest BCUT2D eigenvalue weighted by Gasteiger charge is 2.14. The summed E-state index contributed by atoms with van der Waals surface area (Å²) in [5.74, 6) is 0. The minimum atomic E-state index is 0.366. The van der Waals surface area contributed by atoms with E-state index in [1.807, 2.05) is 10.9 Å². The van der Waals surface area contributed by atoms with Crippen LogP contribution in [-0.2, 0) is 19.4 Å². The maximum absolute atomic E-state index is 4.37. The van der Waals surface area contributed by atoms with E-state index in [0.717, 1.165) is 25.9 Å². The van der Waals surface area contributed by atoms with Gasteiger partial charge in [0.25, 0.3) is 0 Å². The molecule has 2 aromatic rings. The van der Waals surface area contributed by atoms with Crippen LogP contribution in [-0.4, -0.2) is 16.3 Å². The topological polar surface area (TPSA) is 29.9 Å². The van der Waals surface area contributed by atoms with Gasteiger partial charge in [-0.3, -0.25) is 4.68 Å². The largest absolute Gasteiger partial charge is 0.310 e. The summed E-state index contributed by atoms with van der Waals surface area (Å²) in [7, 11) is 0. The van der Waals surface area contributed by atoms with Crippen LogP contribution in [0, 0.1) is 0 Å². The van der Waals surface area contributed by atoms with Crippen LogP contribution in [0.3, 0.4) is 0 Å². The van der Waals surface area contributed by atoms with Crippen LogP contribution < -0.4 is 5.32 Å². The molecule has 2 rings (SSSR count). The van der Waals surface area contributed by atoms with Gasteiger partial charge in [-0.2, -0.15) is 5.10 Å². The fourth-order valence-corrected chi connectivity index (χ4v) is 2.66. The maximum atomic E-state index is 4.37. The van der Waals surface area contributed by atoms with E-state index in [2.05, 4.69) is 61.6 Å². The first-order valence-electron chi connectivity index (χ1n) is 7.60. The fourth-order valence-electron chi connectivity index (χ4n) is 2.66. The van der Waals surface area contributed by atoms with Crippen LogP contribution in [0.2, 0.25) is 0 Å². The molecule has 108 valence electrons. The number of aromatic nitrogens is 2. The molecule has 0 fully saturated rings. The van der Waals surface area contributed by atoms with Crippen LogP contribution in [0.25, 0.3) is 0 Å². The van der Waals surface area contributed by atoms with E-state index in [9.17, 15) is 0 Å². The smallest absolute Gasteiger partial charge is 0.0522 e. The molecule has 0 saturated carbocycles. The van der Waals surface area contributed by atoms with Crippen molar-refractivity contribution in [1.29, 1.82) is 0 Å². The molecule has 1 heterocycles. The van der Waals surface area contributed by atoms with E-state index in [1.165, 1.54) is 16.7 Å². The molecule has 0 bridgehead atoms. The van der Waals surface area contributed by atoms with Gasteiger partial charge in [0.15, 0.2) is 0 Å². The Labute approximate surface area is 122 Å². The van der Waals surface area contributed by atoms with E-state index < -0.39 is 0 Å². The van der Waals surface area contributed by atoms with E-state index in [1.54, 1.807) is 0 Å². The van der Waals surface area contributed by atoms with Crippen LogP contribution in [0.4, 0.5) is 0 Å². The van der Waals surface area contributed by atoms with Crippen molar-refractivity contribution in [2.75, 3.05) is 6.54 Å². The fraction of sp³-hybridized carbons (Fsp3) is 0.471. The SMILES string of the molecule is CCNC(Cc1cnn(CC)c1)c1ccccc1CC. The Hall–Kier alpha value is -1.61. The number of hydrogen-bond acceptors (Lipinski definition) is 2. The average molecular weight is 271 g/mol. The number of rotatable bonds is 7. The zero-order valence-corrected chi connectivity index (χ0v) is 12.8. The summed E-state index contributed by atoms with van der Waals surface area (Å²) in [5.41, 5.74) is 4.14. The van der Waals surface area contributed by atoms with Gasteiger partial charge in [-0.25, -0.2) is 0 Å². The van der Waals surface area contributed by atoms with Crippen molar-refractivity contribution < 1.29 is 0 Å². The van der Waals surface area contributed by atoms with Crippen molar-refractivity contribution in [3.05, 3.63) is 53.3 Å². The summed E-state index contributed by atoms with van der Waals surface area (Å²) < 4.78 is 1.99. The van der Waals surface area contributed by atoms with Crippen LogP contribution >= 0.6 is 0 Å². The van der Waals surface area contributed by atoms with E-state index in [4.69, 9.17) is 0 Å². The third-order valence-corrected chi connectivity index (χ3v) is 3.71. The lowest BCUT2D eigenvalue weighted by molar-refractivity contribution is 0.545. The van der Waals surface area contributed by atoms with Crippen molar-refractivity contribution in [2.45, 2.75) is 46.2 Å². The second kappa shape index (κ2) is 7.25. The minimum absolute atomic E-state index is 0.366. The van der Waals surface area contributed by atoms with Crippen molar-refractivity contribution in [3.63, 3.8) is 0 Å². The lowest BCUT2D eigenvalue weighted by Gasteiger charge is -2.20. The van der Waals surface area contributed by atoms with Gasteiger partial charge < -0.3 is 5.32 Å². The van der Waals surface area contributed by atoms with Crippen LogP contribution in [0.1, 0.15) is 43.5 Å². The number of hydrogen-bond donors (Lipinski definition) is 1. The normalized spacial score (nSPS) is 12.6. The van der Waals surface area contributed by atoms with Gasteiger partial charge in [0.1, 0.15) is 0 Å². The Bertz CT molecular complexity index is 531. The molecule has 0 amide bonds. The molecule has 1 N–H and O–H groups in total. The molecule has 0 aliphatic carbocycles. The van der Waals surface area contributed by atoms with Crippen LogP contribution in [0.15, 0.2) is 36.7 Å². The zero-order chi connectivity index (χ0) is 14.4. The lowest BCUT2D eigenvalue weighted by Crippen LogP contribution is -2.24. The summed E-state index contributed by atoms with van der Waals surface area (Å²) in [6.45, 7) is 8.40. The van der Waals surface area contributed by atoms with Gasteiger partial charge in [0, 0.05) is 18.8 Å². The third-order valence-electron chi connectivity index (χ3n) is 3.71. The van der Waals surface area contributed by atoms with Gasteiger partial charge in [-0.05, 0) is 43.0 Å². The molecule has 1 aromatic carbocycles. The Kier molecular flexibility index (Phi) is 5.36. The Balaban J connectivity index is 2.21. The lowest BCUT2D eigenvalue weighted by atomic mass is 9.94. The Morgan fingerprint density at radius 2 is 2.00 bits per heavy atom. The third kappa shape index (κ3) is 3.48. The highest BCUT2D eigenvalue weighted by molar-refractivity contribution is 5.31. The number of benzene rings is 1. The summed E-state index contributed by atoms with van der Waals surface area (Å²) in [6, 6.07) is 9.10. The Morgan fingerprint density at radius 3 is 2.65 bits per heavy atom. The second-order valence-electron chi connectivity index (χ2n) is 5.07. The standard InChI is InChI=1S/C17H25N3/c1-4-15-9-7-8-10-16(15)17(18-5-2)11-14-12-19-20(6-3)13-14/h7-10,12-13,17-18H,4-6,11H2,1-3H3. The monoisotopic (exact) mass is 271 g/mol. The highest BCUT2D eigenvalue weighted by Crippen LogP contribution is 2.22. The second-order valence-corrected chi connectivity index (χ2v) is 5.07. The molecule has 1 aromatic heterocycles. The predicted molar refractivity (Wildman–Crippen MR) is 83.8 cm³/mol. The van der Waals surface area contributed by atoms with E-state index in [0.29, 0.717) is 6.04 Å². The van der Waals surface area contributed by atoms with Gasteiger partial charge in [-0.15, -0.1) is 0 Å². The number of nitrogens with zero attached hydrogens (tertiary/aromatic N) is 2. The van der Waals surface area contributed by atoms with Gasteiger partial charge in [0.2, 0.25) is 0 Å². The summed E-state index contributed by atoms with van der Waals surface area (Å²) in [5, 5.41) is 7.99. The molecular weight excluding hydrogens is 246 g/mol. The van der Waals surface area contributed by atoms with Crippen molar-refractivity contribution >= 4 is 0 Å². The van der Waals surface area contributed by atoms with E-state index in [-0.39, 0.29) is 0 Å². The average Bonchev–Trinajstić information content (AvgIpc) is 2.94. The van der Waals surface area contributed by atoms with Crippen LogP contribution in [0.5, 0.6) is 0 Å². The molecule has 1 atom stereocenters. The highest BCUT2D eigenvalue weighted by atomic mass is 15.3. The first-order valence-corrected chi connectivity index (χ1v) is 7.60. The van der Waals surface area contributed by atoms with Crippen molar-refractivity contribution in [3.8, 4) is 0 Å². The predicted octanol–water partition coefficient (Wildman–Crippen LogP) is 3.36. The molecule has 3 nitrogen and oxygen atoms in total.